The predicted molar refractivity (Wildman–Crippen MR) is 64.1 cm³/mol. The number of carbonyl (C=O) groups is 1. The van der Waals surface area contributed by atoms with E-state index in [1.54, 1.807) is 11.3 Å². The summed E-state index contributed by atoms with van der Waals surface area (Å²) in [4.78, 5) is 10.1. The lowest BCUT2D eigenvalue weighted by atomic mass is 10.3. The molecule has 0 aliphatic carbocycles. The number of rotatable bonds is 0. The third kappa shape index (κ3) is 2.80. The smallest absolute Gasteiger partial charge is 0.220 e. The average Bonchev–Trinajstić information content (AvgIpc) is 2.88. The van der Waals surface area contributed by atoms with Gasteiger partial charge in [-0.3, -0.25) is 4.79 Å². The normalized spacial score (nSPS) is 14.5. The van der Waals surface area contributed by atoms with Crippen LogP contribution in [0.1, 0.15) is 12.8 Å². The second-order valence-electron chi connectivity index (χ2n) is 3.41. The number of benzene rings is 1. The highest BCUT2D eigenvalue weighted by atomic mass is 32.1. The zero-order chi connectivity index (χ0) is 10.5. The molecule has 0 saturated carbocycles. The molecule has 3 rings (SSSR count). The Morgan fingerprint density at radius 2 is 2.07 bits per heavy atom. The zero-order valence-electron chi connectivity index (χ0n) is 8.40. The van der Waals surface area contributed by atoms with Crippen LogP contribution in [0.15, 0.2) is 35.7 Å². The maximum Gasteiger partial charge on any atom is 0.220 e. The van der Waals surface area contributed by atoms with Gasteiger partial charge < -0.3 is 5.32 Å². The lowest BCUT2D eigenvalue weighted by molar-refractivity contribution is -0.119. The largest absolute Gasteiger partial charge is 0.356 e. The first-order valence-corrected chi connectivity index (χ1v) is 5.93. The molecule has 1 aromatic carbocycles. The summed E-state index contributed by atoms with van der Waals surface area (Å²) in [5.41, 5.74) is 0. The Morgan fingerprint density at radius 1 is 1.20 bits per heavy atom. The molecule has 1 aliphatic rings. The molecule has 78 valence electrons. The molecule has 1 aliphatic heterocycles. The molecule has 2 heterocycles. The highest BCUT2D eigenvalue weighted by Crippen LogP contribution is 2.18. The van der Waals surface area contributed by atoms with Crippen molar-refractivity contribution < 1.29 is 4.79 Å². The van der Waals surface area contributed by atoms with Crippen LogP contribution in [0, 0.1) is 0 Å². The van der Waals surface area contributed by atoms with Gasteiger partial charge in [0.25, 0.3) is 0 Å². The molecule has 1 fully saturated rings. The van der Waals surface area contributed by atoms with Crippen molar-refractivity contribution in [2.45, 2.75) is 12.8 Å². The summed E-state index contributed by atoms with van der Waals surface area (Å²) < 4.78 is 1.37. The van der Waals surface area contributed by atoms with Gasteiger partial charge in [-0.15, -0.1) is 11.3 Å². The van der Waals surface area contributed by atoms with E-state index in [1.807, 2.05) is 0 Å². The summed E-state index contributed by atoms with van der Waals surface area (Å²) in [6, 6.07) is 10.5. The summed E-state index contributed by atoms with van der Waals surface area (Å²) >= 11 is 1.79. The van der Waals surface area contributed by atoms with Crippen molar-refractivity contribution in [1.29, 1.82) is 0 Å². The van der Waals surface area contributed by atoms with Gasteiger partial charge in [0.15, 0.2) is 0 Å². The molecule has 0 spiro atoms. The quantitative estimate of drug-likeness (QED) is 0.725. The van der Waals surface area contributed by atoms with Gasteiger partial charge in [-0.1, -0.05) is 18.2 Å². The number of hydrogen-bond acceptors (Lipinski definition) is 2. The van der Waals surface area contributed by atoms with Crippen molar-refractivity contribution in [3.05, 3.63) is 35.7 Å². The molecule has 1 saturated heterocycles. The Kier molecular flexibility index (Phi) is 3.35. The maximum atomic E-state index is 10.1. The van der Waals surface area contributed by atoms with Crippen LogP contribution in [0.3, 0.4) is 0 Å². The minimum Gasteiger partial charge on any atom is -0.356 e. The number of hydrogen-bond donors (Lipinski definition) is 1. The Morgan fingerprint density at radius 3 is 2.67 bits per heavy atom. The maximum absolute atomic E-state index is 10.1. The van der Waals surface area contributed by atoms with Crippen molar-refractivity contribution in [3.63, 3.8) is 0 Å². The number of carbonyl (C=O) groups excluding carboxylic acids is 1. The number of fused-ring (bicyclic) bond motifs is 1. The average molecular weight is 219 g/mol. The van der Waals surface area contributed by atoms with Crippen LogP contribution in [0.4, 0.5) is 0 Å². The summed E-state index contributed by atoms with van der Waals surface area (Å²) in [6.45, 7) is 0.888. The number of nitrogens with one attached hydrogen (secondary N) is 1. The van der Waals surface area contributed by atoms with Crippen LogP contribution in [0.5, 0.6) is 0 Å². The molecule has 2 nitrogen and oxygen atoms in total. The fraction of sp³-hybridized carbons (Fsp3) is 0.250. The Hall–Kier alpha value is -1.35. The number of thiophene rings is 1. The lowest BCUT2D eigenvalue weighted by Gasteiger charge is -1.82. The highest BCUT2D eigenvalue weighted by Gasteiger charge is 2.05. The molecule has 1 aromatic heterocycles. The van der Waals surface area contributed by atoms with E-state index >= 15 is 0 Å². The molecule has 0 bridgehead atoms. The van der Waals surface area contributed by atoms with Crippen LogP contribution in [0.2, 0.25) is 0 Å². The summed E-state index contributed by atoms with van der Waals surface area (Å²) in [5, 5.41) is 6.15. The lowest BCUT2D eigenvalue weighted by Crippen LogP contribution is -2.12. The number of amides is 1. The van der Waals surface area contributed by atoms with Crippen molar-refractivity contribution in [3.8, 4) is 0 Å². The van der Waals surface area contributed by atoms with Crippen molar-refractivity contribution in [2.75, 3.05) is 6.54 Å². The van der Waals surface area contributed by atoms with Crippen molar-refractivity contribution in [1.82, 2.24) is 5.32 Å². The van der Waals surface area contributed by atoms with Crippen LogP contribution < -0.4 is 5.32 Å². The van der Waals surface area contributed by atoms with Gasteiger partial charge in [0.05, 0.1) is 0 Å². The Labute approximate surface area is 92.9 Å². The molecular formula is C12H13NOS. The van der Waals surface area contributed by atoms with Crippen LogP contribution in [-0.2, 0) is 4.79 Å². The van der Waals surface area contributed by atoms with Crippen LogP contribution in [-0.4, -0.2) is 12.5 Å². The molecule has 0 radical (unpaired) electrons. The standard InChI is InChI=1S/C8H6S.C4H7NO/c1-2-4-8-7(3-1)5-6-9-8;6-4-2-1-3-5-4/h1-6H;1-3H2,(H,5,6). The Bertz CT molecular complexity index is 411. The van der Waals surface area contributed by atoms with E-state index in [4.69, 9.17) is 0 Å². The first-order chi connectivity index (χ1) is 7.36. The van der Waals surface area contributed by atoms with Gasteiger partial charge >= 0.3 is 0 Å². The third-order valence-electron chi connectivity index (χ3n) is 2.26. The summed E-state index contributed by atoms with van der Waals surface area (Å²) in [5.74, 6) is 0.204. The predicted octanol–water partition coefficient (Wildman–Crippen LogP) is 2.80. The van der Waals surface area contributed by atoms with Gasteiger partial charge in [0, 0.05) is 17.7 Å². The second-order valence-corrected chi connectivity index (χ2v) is 4.36. The van der Waals surface area contributed by atoms with E-state index in [0.717, 1.165) is 19.4 Å². The van der Waals surface area contributed by atoms with E-state index in [9.17, 15) is 4.79 Å². The summed E-state index contributed by atoms with van der Waals surface area (Å²) in [7, 11) is 0. The molecule has 1 N–H and O–H groups in total. The van der Waals surface area contributed by atoms with Gasteiger partial charge in [0.1, 0.15) is 0 Å². The fourth-order valence-electron chi connectivity index (χ4n) is 1.47. The van der Waals surface area contributed by atoms with Gasteiger partial charge in [0.2, 0.25) is 5.91 Å². The van der Waals surface area contributed by atoms with Gasteiger partial charge in [-0.25, -0.2) is 0 Å². The molecular weight excluding hydrogens is 206 g/mol. The SMILES string of the molecule is O=C1CCCN1.c1ccc2sccc2c1. The first-order valence-electron chi connectivity index (χ1n) is 5.05. The molecule has 0 atom stereocenters. The van der Waals surface area contributed by atoms with Gasteiger partial charge in [-0.2, -0.15) is 0 Å². The molecule has 2 aromatic rings. The minimum atomic E-state index is 0.204. The molecule has 15 heavy (non-hydrogen) atoms. The van der Waals surface area contributed by atoms with Crippen molar-refractivity contribution >= 4 is 27.3 Å². The van der Waals surface area contributed by atoms with Crippen LogP contribution in [0.25, 0.3) is 10.1 Å². The minimum absolute atomic E-state index is 0.204. The van der Waals surface area contributed by atoms with Gasteiger partial charge in [-0.05, 0) is 29.3 Å². The first kappa shape index (κ1) is 10.2. The van der Waals surface area contributed by atoms with E-state index in [2.05, 4.69) is 41.0 Å². The Balaban J connectivity index is 0.000000124. The highest BCUT2D eigenvalue weighted by molar-refractivity contribution is 7.17. The summed E-state index contributed by atoms with van der Waals surface area (Å²) in [6.07, 6.45) is 1.76. The second kappa shape index (κ2) is 4.94. The van der Waals surface area contributed by atoms with E-state index in [0.29, 0.717) is 0 Å². The zero-order valence-corrected chi connectivity index (χ0v) is 9.22. The van der Waals surface area contributed by atoms with Crippen molar-refractivity contribution in [2.24, 2.45) is 0 Å². The molecule has 1 amide bonds. The fourth-order valence-corrected chi connectivity index (χ4v) is 2.26. The molecule has 0 unspecified atom stereocenters. The topological polar surface area (TPSA) is 29.1 Å². The monoisotopic (exact) mass is 219 g/mol. The van der Waals surface area contributed by atoms with E-state index in [-0.39, 0.29) is 5.91 Å². The van der Waals surface area contributed by atoms with E-state index < -0.39 is 0 Å². The van der Waals surface area contributed by atoms with E-state index in [1.165, 1.54) is 10.1 Å². The molecule has 3 heteroatoms. The van der Waals surface area contributed by atoms with Crippen LogP contribution >= 0.6 is 11.3 Å². The third-order valence-corrected chi connectivity index (χ3v) is 3.16.